The molecule has 6 heteroatoms. The Hall–Kier alpha value is -2.24. The molecule has 0 amide bonds. The summed E-state index contributed by atoms with van der Waals surface area (Å²) in [5, 5.41) is 0. The van der Waals surface area contributed by atoms with Gasteiger partial charge in [0.1, 0.15) is 12.2 Å². The maximum Gasteiger partial charge on any atom is 0.306 e. The zero-order chi connectivity index (χ0) is 33.8. The van der Waals surface area contributed by atoms with Crippen LogP contribution in [0.3, 0.4) is 0 Å². The molecule has 13 atom stereocenters. The van der Waals surface area contributed by atoms with Crippen molar-refractivity contribution >= 4 is 23.5 Å². The molecule has 6 saturated carbocycles. The predicted octanol–water partition coefficient (Wildman–Crippen LogP) is 8.51. The van der Waals surface area contributed by atoms with Gasteiger partial charge in [-0.2, -0.15) is 0 Å². The molecule has 8 rings (SSSR count). The lowest BCUT2D eigenvalue weighted by atomic mass is 9.45. The number of esters is 2. The summed E-state index contributed by atoms with van der Waals surface area (Å²) in [5.74, 6) is 3.46. The van der Waals surface area contributed by atoms with Gasteiger partial charge in [-0.05, 0) is 148 Å². The van der Waals surface area contributed by atoms with Gasteiger partial charge in [-0.25, -0.2) is 0 Å². The predicted molar refractivity (Wildman–Crippen MR) is 182 cm³/mol. The molecule has 0 aromatic heterocycles. The highest BCUT2D eigenvalue weighted by atomic mass is 16.5. The van der Waals surface area contributed by atoms with Crippen LogP contribution < -0.4 is 0 Å². The minimum Gasteiger partial charge on any atom is -0.462 e. The minimum absolute atomic E-state index is 0.000950. The Labute approximate surface area is 287 Å². The van der Waals surface area contributed by atoms with E-state index >= 15 is 0 Å². The van der Waals surface area contributed by atoms with E-state index in [9.17, 15) is 19.2 Å². The molecule has 0 heterocycles. The number of rotatable bonds is 4. The van der Waals surface area contributed by atoms with Crippen LogP contribution in [0.4, 0.5) is 0 Å². The van der Waals surface area contributed by atoms with E-state index in [1.54, 1.807) is 0 Å². The van der Waals surface area contributed by atoms with Gasteiger partial charge in [0.2, 0.25) is 0 Å². The molecule has 2 unspecified atom stereocenters. The summed E-state index contributed by atoms with van der Waals surface area (Å²) < 4.78 is 12.5. The number of fused-ring (bicyclic) bond motifs is 10. The van der Waals surface area contributed by atoms with Crippen molar-refractivity contribution in [3.63, 3.8) is 0 Å². The second-order valence-electron chi connectivity index (χ2n) is 18.7. The molecule has 0 aromatic carbocycles. The third-order valence-electron chi connectivity index (χ3n) is 17.1. The second-order valence-corrected chi connectivity index (χ2v) is 18.7. The van der Waals surface area contributed by atoms with Crippen LogP contribution in [0.5, 0.6) is 0 Å². The smallest absolute Gasteiger partial charge is 0.306 e. The van der Waals surface area contributed by atoms with E-state index in [1.807, 2.05) is 12.2 Å². The molecule has 6 nitrogen and oxygen atoms in total. The molecule has 0 spiro atoms. The van der Waals surface area contributed by atoms with Gasteiger partial charge in [-0.15, -0.1) is 0 Å². The highest BCUT2D eigenvalue weighted by Crippen LogP contribution is 2.68. The van der Waals surface area contributed by atoms with Gasteiger partial charge in [0.25, 0.3) is 0 Å². The monoisotopic (exact) mass is 658 g/mol. The fraction of sp³-hybridized carbons (Fsp3) is 0.810. The van der Waals surface area contributed by atoms with E-state index in [4.69, 9.17) is 9.47 Å². The van der Waals surface area contributed by atoms with E-state index in [2.05, 4.69) is 27.7 Å². The molecular weight excluding hydrogens is 600 g/mol. The first-order valence-corrected chi connectivity index (χ1v) is 19.6. The number of carbonyl (C=O) groups is 4. The van der Waals surface area contributed by atoms with E-state index in [-0.39, 0.29) is 57.5 Å². The summed E-state index contributed by atoms with van der Waals surface area (Å²) in [4.78, 5) is 51.4. The zero-order valence-electron chi connectivity index (χ0n) is 30.1. The Morgan fingerprint density at radius 1 is 0.667 bits per heavy atom. The van der Waals surface area contributed by atoms with Crippen LogP contribution in [0, 0.1) is 63.1 Å². The Balaban J connectivity index is 0.978. The first-order chi connectivity index (χ1) is 22.8. The first kappa shape index (κ1) is 32.9. The summed E-state index contributed by atoms with van der Waals surface area (Å²) in [6.07, 6.45) is 18.9. The molecule has 8 aliphatic carbocycles. The molecule has 6 fully saturated rings. The molecule has 0 radical (unpaired) electrons. The topological polar surface area (TPSA) is 86.7 Å². The van der Waals surface area contributed by atoms with Gasteiger partial charge < -0.3 is 9.47 Å². The third-order valence-corrected chi connectivity index (χ3v) is 17.1. The number of hydrogen-bond donors (Lipinski definition) is 0. The average molecular weight is 659 g/mol. The lowest BCUT2D eigenvalue weighted by molar-refractivity contribution is -0.164. The van der Waals surface area contributed by atoms with Crippen LogP contribution >= 0.6 is 0 Å². The molecule has 0 N–H and O–H groups in total. The van der Waals surface area contributed by atoms with E-state index in [0.717, 1.165) is 83.5 Å². The molecule has 262 valence electrons. The highest BCUT2D eigenvalue weighted by Gasteiger charge is 2.63. The van der Waals surface area contributed by atoms with Crippen LogP contribution in [0.25, 0.3) is 0 Å². The Bertz CT molecular complexity index is 1470. The molecule has 8 aliphatic rings. The lowest BCUT2D eigenvalue weighted by Gasteiger charge is -2.60. The fourth-order valence-corrected chi connectivity index (χ4v) is 14.5. The molecule has 0 aliphatic heterocycles. The zero-order valence-corrected chi connectivity index (χ0v) is 30.1. The van der Waals surface area contributed by atoms with Gasteiger partial charge in [-0.1, -0.05) is 38.8 Å². The summed E-state index contributed by atoms with van der Waals surface area (Å²) in [6.45, 7) is 11.1. The Morgan fingerprint density at radius 3 is 1.92 bits per heavy atom. The second kappa shape index (κ2) is 11.4. The minimum atomic E-state index is -0.180. The number of carbonyl (C=O) groups excluding carboxylic acids is 4. The quantitative estimate of drug-likeness (QED) is 0.282. The highest BCUT2D eigenvalue weighted by molar-refractivity contribution is 5.92. The largest absolute Gasteiger partial charge is 0.462 e. The lowest BCUT2D eigenvalue weighted by Crippen LogP contribution is -2.54. The molecule has 48 heavy (non-hydrogen) atoms. The number of allylic oxidation sites excluding steroid dienone is 2. The number of hydrogen-bond acceptors (Lipinski definition) is 6. The van der Waals surface area contributed by atoms with Crippen molar-refractivity contribution in [3.8, 4) is 0 Å². The van der Waals surface area contributed by atoms with Crippen molar-refractivity contribution in [2.75, 3.05) is 0 Å². The maximum absolute atomic E-state index is 14.1. The van der Waals surface area contributed by atoms with Crippen LogP contribution in [0.15, 0.2) is 23.3 Å². The summed E-state index contributed by atoms with van der Waals surface area (Å²) in [7, 11) is 0. The van der Waals surface area contributed by atoms with Crippen molar-refractivity contribution in [2.24, 2.45) is 63.1 Å². The molecule has 0 bridgehead atoms. The third kappa shape index (κ3) is 4.75. The first-order valence-electron chi connectivity index (χ1n) is 19.6. The van der Waals surface area contributed by atoms with Crippen molar-refractivity contribution in [3.05, 3.63) is 23.3 Å². The summed E-state index contributed by atoms with van der Waals surface area (Å²) >= 11 is 0. The van der Waals surface area contributed by atoms with Crippen molar-refractivity contribution in [1.82, 2.24) is 0 Å². The summed E-state index contributed by atoms with van der Waals surface area (Å²) in [5.41, 5.74) is 2.65. The van der Waals surface area contributed by atoms with Crippen LogP contribution in [0.2, 0.25) is 0 Å². The van der Waals surface area contributed by atoms with Gasteiger partial charge in [0, 0.05) is 37.0 Å². The van der Waals surface area contributed by atoms with Crippen molar-refractivity contribution in [1.29, 1.82) is 0 Å². The van der Waals surface area contributed by atoms with Gasteiger partial charge in [0.15, 0.2) is 11.6 Å². The number of ketones is 2. The SMILES string of the molecule is CC(=O)OC1CC[C@H]2[C@@H]3CCC4=CC(=O)CC(CC(=O)O[C@H]5CC[C@H]6[C@@H]7CCC8=CC(=O)CC[C@]8(C)[C@H]7CC[C@]56C)[C@]4(C)[C@@H]3CC[C@]12C. The average Bonchev–Trinajstić information content (AvgIpc) is 3.53. The van der Waals surface area contributed by atoms with Gasteiger partial charge in [0.05, 0.1) is 0 Å². The Kier molecular flexibility index (Phi) is 7.81. The van der Waals surface area contributed by atoms with Crippen LogP contribution in [0.1, 0.15) is 137 Å². The Morgan fingerprint density at radius 2 is 1.25 bits per heavy atom. The van der Waals surface area contributed by atoms with Crippen LogP contribution in [-0.2, 0) is 28.7 Å². The molecular formula is C42H58O6. The fourth-order valence-electron chi connectivity index (χ4n) is 14.5. The van der Waals surface area contributed by atoms with E-state index in [0.29, 0.717) is 60.6 Å². The molecule has 0 aromatic rings. The summed E-state index contributed by atoms with van der Waals surface area (Å²) in [6, 6.07) is 0. The standard InChI is InChI=1S/C42H58O6/c1-24(43)47-36-12-10-33-31-9-7-26-21-29(45)22-27(42(26,5)35(31)16-19-40(33,36)3)23-38(46)48-37-13-11-32-30-8-6-25-20-28(44)14-17-39(25,2)34(30)15-18-41(32,37)4/h20-21,27,30-37H,6-19,22-23H2,1-5H3/t27?,30-,31-,32-,33-,34-,35+,36?,37-,39-,40-,41-,42+/m0/s1. The van der Waals surface area contributed by atoms with Crippen molar-refractivity contribution < 1.29 is 28.7 Å². The molecule has 0 saturated heterocycles. The normalized spacial score (nSPS) is 49.2. The maximum atomic E-state index is 14.1. The van der Waals surface area contributed by atoms with E-state index < -0.39 is 0 Å². The number of ether oxygens (including phenoxy) is 2. The van der Waals surface area contributed by atoms with Gasteiger partial charge in [-0.3, -0.25) is 19.2 Å². The van der Waals surface area contributed by atoms with Crippen LogP contribution in [-0.4, -0.2) is 35.7 Å². The van der Waals surface area contributed by atoms with Crippen molar-refractivity contribution in [2.45, 2.75) is 150 Å². The van der Waals surface area contributed by atoms with E-state index in [1.165, 1.54) is 18.1 Å². The van der Waals surface area contributed by atoms with Gasteiger partial charge >= 0.3 is 11.9 Å².